The van der Waals surface area contributed by atoms with Gasteiger partial charge in [-0.1, -0.05) is 0 Å². The molecule has 0 N–H and O–H groups in total. The van der Waals surface area contributed by atoms with Gasteiger partial charge in [0.25, 0.3) is 0 Å². The van der Waals surface area contributed by atoms with Crippen molar-refractivity contribution in [3.63, 3.8) is 0 Å². The molecule has 0 rings (SSSR count). The maximum atomic E-state index is 10.5. The Morgan fingerprint density at radius 3 is 2.20 bits per heavy atom. The number of amides is 1. The van der Waals surface area contributed by atoms with Crippen LogP contribution in [0.4, 0.5) is 0 Å². The second-order valence-corrected chi connectivity index (χ2v) is 2.57. The number of hydrogen-bond acceptors (Lipinski definition) is 2. The number of hydrogen-bond donors (Lipinski definition) is 0. The van der Waals surface area contributed by atoms with Gasteiger partial charge in [-0.05, 0) is 20.8 Å². The number of Topliss-reactive ketones (excluding diaryl/α,β-unsaturated/α-hetero) is 1. The standard InChI is InChI=1S/C7H13NO2/c1-6(2)8(5-9)4-7(3)10/h5-6H,4H2,1-3H3. The molecule has 3 heteroatoms. The molecule has 0 spiro atoms. The van der Waals surface area contributed by atoms with Gasteiger partial charge >= 0.3 is 0 Å². The molecule has 0 saturated carbocycles. The van der Waals surface area contributed by atoms with E-state index in [9.17, 15) is 9.59 Å². The first-order chi connectivity index (χ1) is 4.57. The fourth-order valence-corrected chi connectivity index (χ4v) is 0.599. The van der Waals surface area contributed by atoms with Crippen molar-refractivity contribution >= 4 is 12.2 Å². The van der Waals surface area contributed by atoms with Crippen molar-refractivity contribution in [1.82, 2.24) is 4.90 Å². The van der Waals surface area contributed by atoms with Crippen LogP contribution in [0.15, 0.2) is 0 Å². The topological polar surface area (TPSA) is 37.4 Å². The Morgan fingerprint density at radius 2 is 2.10 bits per heavy atom. The van der Waals surface area contributed by atoms with Gasteiger partial charge in [0.05, 0.1) is 6.54 Å². The Kier molecular flexibility index (Phi) is 3.69. The van der Waals surface area contributed by atoms with E-state index in [4.69, 9.17) is 0 Å². The van der Waals surface area contributed by atoms with E-state index >= 15 is 0 Å². The van der Waals surface area contributed by atoms with Crippen molar-refractivity contribution in [1.29, 1.82) is 0 Å². The highest BCUT2D eigenvalue weighted by atomic mass is 16.1. The van der Waals surface area contributed by atoms with Crippen molar-refractivity contribution in [3.05, 3.63) is 0 Å². The van der Waals surface area contributed by atoms with E-state index in [2.05, 4.69) is 0 Å². The van der Waals surface area contributed by atoms with Crippen LogP contribution in [0.3, 0.4) is 0 Å². The fraction of sp³-hybridized carbons (Fsp3) is 0.714. The van der Waals surface area contributed by atoms with Crippen molar-refractivity contribution < 1.29 is 9.59 Å². The molecule has 3 nitrogen and oxygen atoms in total. The van der Waals surface area contributed by atoms with Crippen LogP contribution in [0.25, 0.3) is 0 Å². The average Bonchev–Trinajstić information content (AvgIpc) is 1.81. The summed E-state index contributed by atoms with van der Waals surface area (Å²) in [5, 5.41) is 0. The summed E-state index contributed by atoms with van der Waals surface area (Å²) < 4.78 is 0. The van der Waals surface area contributed by atoms with Gasteiger partial charge in [-0.2, -0.15) is 0 Å². The molecule has 10 heavy (non-hydrogen) atoms. The lowest BCUT2D eigenvalue weighted by Gasteiger charge is -2.19. The van der Waals surface area contributed by atoms with Crippen molar-refractivity contribution in [2.24, 2.45) is 0 Å². The first-order valence-electron chi connectivity index (χ1n) is 3.28. The quantitative estimate of drug-likeness (QED) is 0.535. The lowest BCUT2D eigenvalue weighted by atomic mass is 10.3. The summed E-state index contributed by atoms with van der Waals surface area (Å²) in [5.41, 5.74) is 0. The Morgan fingerprint density at radius 1 is 1.60 bits per heavy atom. The predicted molar refractivity (Wildman–Crippen MR) is 38.6 cm³/mol. The number of carbonyl (C=O) groups excluding carboxylic acids is 2. The Labute approximate surface area is 61.0 Å². The van der Waals surface area contributed by atoms with Gasteiger partial charge in [0.1, 0.15) is 5.78 Å². The van der Waals surface area contributed by atoms with Crippen LogP contribution in [0, 0.1) is 0 Å². The van der Waals surface area contributed by atoms with E-state index in [1.165, 1.54) is 11.8 Å². The molecule has 1 amide bonds. The molecule has 0 unspecified atom stereocenters. The molecule has 58 valence electrons. The molecule has 0 aliphatic carbocycles. The lowest BCUT2D eigenvalue weighted by Crippen LogP contribution is -2.33. The average molecular weight is 143 g/mol. The Hall–Kier alpha value is -0.860. The predicted octanol–water partition coefficient (Wildman–Crippen LogP) is 0.442. The van der Waals surface area contributed by atoms with Crippen LogP contribution in [-0.4, -0.2) is 29.7 Å². The number of rotatable bonds is 4. The Balaban J connectivity index is 3.83. The molecule has 0 aromatic rings. The van der Waals surface area contributed by atoms with E-state index in [1.807, 2.05) is 13.8 Å². The zero-order valence-corrected chi connectivity index (χ0v) is 6.63. The molecular formula is C7H13NO2. The van der Waals surface area contributed by atoms with Crippen LogP contribution in [0.2, 0.25) is 0 Å². The van der Waals surface area contributed by atoms with Gasteiger partial charge in [-0.25, -0.2) is 0 Å². The summed E-state index contributed by atoms with van der Waals surface area (Å²) in [7, 11) is 0. The highest BCUT2D eigenvalue weighted by Gasteiger charge is 2.07. The van der Waals surface area contributed by atoms with Gasteiger partial charge in [-0.3, -0.25) is 9.59 Å². The third-order valence-corrected chi connectivity index (χ3v) is 1.20. The van der Waals surface area contributed by atoms with E-state index < -0.39 is 0 Å². The highest BCUT2D eigenvalue weighted by Crippen LogP contribution is 1.92. The minimum Gasteiger partial charge on any atom is -0.336 e. The van der Waals surface area contributed by atoms with Crippen LogP contribution >= 0.6 is 0 Å². The molecule has 0 bridgehead atoms. The molecular weight excluding hydrogens is 130 g/mol. The van der Waals surface area contributed by atoms with Crippen molar-refractivity contribution in [2.45, 2.75) is 26.8 Å². The number of nitrogens with zero attached hydrogens (tertiary/aromatic N) is 1. The van der Waals surface area contributed by atoms with E-state index in [0.29, 0.717) is 6.41 Å². The summed E-state index contributed by atoms with van der Waals surface area (Å²) in [5.74, 6) is 0.0146. The van der Waals surface area contributed by atoms with Crippen LogP contribution in [0.1, 0.15) is 20.8 Å². The largest absolute Gasteiger partial charge is 0.336 e. The van der Waals surface area contributed by atoms with Crippen LogP contribution in [-0.2, 0) is 9.59 Å². The highest BCUT2D eigenvalue weighted by molar-refractivity contribution is 5.79. The normalized spacial score (nSPS) is 9.60. The van der Waals surface area contributed by atoms with Crippen molar-refractivity contribution in [2.75, 3.05) is 6.54 Å². The molecule has 0 fully saturated rings. The van der Waals surface area contributed by atoms with Crippen LogP contribution < -0.4 is 0 Å². The summed E-state index contributed by atoms with van der Waals surface area (Å²) >= 11 is 0. The molecule has 0 saturated heterocycles. The third-order valence-electron chi connectivity index (χ3n) is 1.20. The number of carbonyl (C=O) groups is 2. The summed E-state index contributed by atoms with van der Waals surface area (Å²) in [6.45, 7) is 5.44. The smallest absolute Gasteiger partial charge is 0.210 e. The zero-order chi connectivity index (χ0) is 8.15. The molecule has 0 radical (unpaired) electrons. The maximum Gasteiger partial charge on any atom is 0.210 e. The van der Waals surface area contributed by atoms with E-state index in [-0.39, 0.29) is 18.4 Å². The minimum atomic E-state index is 0.0146. The van der Waals surface area contributed by atoms with Gasteiger partial charge in [0.15, 0.2) is 0 Å². The molecule has 0 aliphatic heterocycles. The van der Waals surface area contributed by atoms with Gasteiger partial charge < -0.3 is 4.90 Å². The van der Waals surface area contributed by atoms with Gasteiger partial charge in [0, 0.05) is 6.04 Å². The summed E-state index contributed by atoms with van der Waals surface area (Å²) in [4.78, 5) is 22.2. The summed E-state index contributed by atoms with van der Waals surface area (Å²) in [6.07, 6.45) is 0.700. The Bertz CT molecular complexity index is 132. The summed E-state index contributed by atoms with van der Waals surface area (Å²) in [6, 6.07) is 0.112. The lowest BCUT2D eigenvalue weighted by molar-refractivity contribution is -0.126. The van der Waals surface area contributed by atoms with Gasteiger partial charge in [-0.15, -0.1) is 0 Å². The molecule has 0 aromatic carbocycles. The fourth-order valence-electron chi connectivity index (χ4n) is 0.599. The second kappa shape index (κ2) is 4.04. The minimum absolute atomic E-state index is 0.0146. The van der Waals surface area contributed by atoms with E-state index in [0.717, 1.165) is 0 Å². The molecule has 0 aliphatic rings. The van der Waals surface area contributed by atoms with E-state index in [1.54, 1.807) is 0 Å². The van der Waals surface area contributed by atoms with Crippen molar-refractivity contribution in [3.8, 4) is 0 Å². The molecule has 0 atom stereocenters. The second-order valence-electron chi connectivity index (χ2n) is 2.57. The SMILES string of the molecule is CC(=O)CN(C=O)C(C)C. The monoisotopic (exact) mass is 143 g/mol. The first kappa shape index (κ1) is 9.14. The first-order valence-corrected chi connectivity index (χ1v) is 3.28. The zero-order valence-electron chi connectivity index (χ0n) is 6.63. The van der Waals surface area contributed by atoms with Gasteiger partial charge in [0.2, 0.25) is 6.41 Å². The van der Waals surface area contributed by atoms with Crippen LogP contribution in [0.5, 0.6) is 0 Å². The third kappa shape index (κ3) is 3.22. The maximum absolute atomic E-state index is 10.5. The molecule has 0 heterocycles. The molecule has 0 aromatic heterocycles. The number of ketones is 1.